The first-order valence-electron chi connectivity index (χ1n) is 4.91. The molecule has 0 aliphatic heterocycles. The van der Waals surface area contributed by atoms with Crippen LogP contribution in [0.1, 0.15) is 16.3 Å². The third kappa shape index (κ3) is 2.82. The number of carbonyl (C=O) groups excluding carboxylic acids is 1. The molecule has 17 heavy (non-hydrogen) atoms. The molecule has 0 atom stereocenters. The van der Waals surface area contributed by atoms with Crippen LogP contribution in [0.2, 0.25) is 0 Å². The quantitative estimate of drug-likeness (QED) is 0.770. The molecule has 0 bridgehead atoms. The molecule has 1 amide bonds. The Bertz CT molecular complexity index is 519. The Labute approximate surface area is 101 Å². The van der Waals surface area contributed by atoms with Crippen molar-refractivity contribution in [1.29, 1.82) is 0 Å². The third-order valence-electron chi connectivity index (χ3n) is 1.88. The highest BCUT2D eigenvalue weighted by Gasteiger charge is 2.12. The van der Waals surface area contributed by atoms with Crippen molar-refractivity contribution in [2.75, 3.05) is 11.9 Å². The summed E-state index contributed by atoms with van der Waals surface area (Å²) in [5.41, 5.74) is 5.59. The molecule has 0 aliphatic rings. The van der Waals surface area contributed by atoms with E-state index in [1.807, 2.05) is 0 Å². The summed E-state index contributed by atoms with van der Waals surface area (Å²) in [5, 5.41) is 10.5. The molecule has 0 radical (unpaired) electrons. The first-order valence-corrected chi connectivity index (χ1v) is 5.68. The number of aromatic nitrogens is 5. The number of anilines is 1. The molecule has 8 nitrogen and oxygen atoms in total. The van der Waals surface area contributed by atoms with Gasteiger partial charge in [-0.1, -0.05) is 5.21 Å². The third-order valence-corrected chi connectivity index (χ3v) is 2.60. The van der Waals surface area contributed by atoms with Crippen LogP contribution in [0.15, 0.2) is 6.20 Å². The van der Waals surface area contributed by atoms with Crippen molar-refractivity contribution < 1.29 is 4.79 Å². The predicted molar refractivity (Wildman–Crippen MR) is 61.7 cm³/mol. The van der Waals surface area contributed by atoms with Gasteiger partial charge in [0.05, 0.1) is 12.7 Å². The van der Waals surface area contributed by atoms with Gasteiger partial charge in [0.15, 0.2) is 5.69 Å². The summed E-state index contributed by atoms with van der Waals surface area (Å²) in [5.74, 6) is 0.265. The van der Waals surface area contributed by atoms with Gasteiger partial charge in [0, 0.05) is 18.1 Å². The Morgan fingerprint density at radius 3 is 3.12 bits per heavy atom. The molecule has 2 aromatic heterocycles. The summed E-state index contributed by atoms with van der Waals surface area (Å²) in [6, 6.07) is 0. The summed E-state index contributed by atoms with van der Waals surface area (Å²) in [6.45, 7) is 2.72. The Balaban J connectivity index is 2.03. The highest BCUT2D eigenvalue weighted by atomic mass is 32.1. The maximum atomic E-state index is 11.7. The van der Waals surface area contributed by atoms with Gasteiger partial charge in [0.2, 0.25) is 5.13 Å². The van der Waals surface area contributed by atoms with Gasteiger partial charge in [-0.2, -0.15) is 4.37 Å². The number of rotatable bonds is 4. The van der Waals surface area contributed by atoms with E-state index in [9.17, 15) is 4.79 Å². The average molecular weight is 253 g/mol. The molecule has 0 saturated heterocycles. The molecule has 90 valence electrons. The fourth-order valence-electron chi connectivity index (χ4n) is 1.15. The van der Waals surface area contributed by atoms with Crippen molar-refractivity contribution in [1.82, 2.24) is 24.4 Å². The second-order valence-corrected chi connectivity index (χ2v) is 4.01. The van der Waals surface area contributed by atoms with Crippen LogP contribution in [0.25, 0.3) is 0 Å². The number of amides is 1. The standard InChI is InChI=1S/C8H11N7OS/c1-5-10-8(17-13-5)11-7(16)6-4-15(3-2-9)14-12-6/h4H,2-3,9H2,1H3,(H,10,11,13,16). The minimum atomic E-state index is -0.357. The van der Waals surface area contributed by atoms with Gasteiger partial charge in [-0.3, -0.25) is 14.8 Å². The van der Waals surface area contributed by atoms with E-state index in [2.05, 4.69) is 25.0 Å². The maximum absolute atomic E-state index is 11.7. The lowest BCUT2D eigenvalue weighted by molar-refractivity contribution is 0.102. The van der Waals surface area contributed by atoms with Gasteiger partial charge in [-0.15, -0.1) is 5.10 Å². The molecule has 0 saturated carbocycles. The van der Waals surface area contributed by atoms with Crippen LogP contribution >= 0.6 is 11.5 Å². The minimum absolute atomic E-state index is 0.228. The molecular weight excluding hydrogens is 242 g/mol. The van der Waals surface area contributed by atoms with Gasteiger partial charge >= 0.3 is 0 Å². The average Bonchev–Trinajstić information content (AvgIpc) is 2.88. The van der Waals surface area contributed by atoms with E-state index in [0.717, 1.165) is 11.5 Å². The molecule has 2 rings (SSSR count). The van der Waals surface area contributed by atoms with E-state index in [-0.39, 0.29) is 11.6 Å². The van der Waals surface area contributed by atoms with E-state index >= 15 is 0 Å². The fraction of sp³-hybridized carbons (Fsp3) is 0.375. The van der Waals surface area contributed by atoms with Crippen LogP contribution in [0.3, 0.4) is 0 Å². The number of nitrogens with one attached hydrogen (secondary N) is 1. The molecule has 2 heterocycles. The summed E-state index contributed by atoms with van der Waals surface area (Å²) >= 11 is 1.12. The molecule has 0 spiro atoms. The zero-order valence-electron chi connectivity index (χ0n) is 9.12. The second kappa shape index (κ2) is 4.97. The topological polar surface area (TPSA) is 112 Å². The number of nitrogens with two attached hydrogens (primary N) is 1. The second-order valence-electron chi connectivity index (χ2n) is 3.26. The van der Waals surface area contributed by atoms with E-state index < -0.39 is 0 Å². The lowest BCUT2D eigenvalue weighted by atomic mass is 10.4. The van der Waals surface area contributed by atoms with Crippen LogP contribution in [0, 0.1) is 6.92 Å². The zero-order valence-corrected chi connectivity index (χ0v) is 9.94. The van der Waals surface area contributed by atoms with Crippen molar-refractivity contribution >= 4 is 22.6 Å². The monoisotopic (exact) mass is 253 g/mol. The Morgan fingerprint density at radius 1 is 1.65 bits per heavy atom. The van der Waals surface area contributed by atoms with Gasteiger partial charge in [0.25, 0.3) is 5.91 Å². The van der Waals surface area contributed by atoms with Gasteiger partial charge < -0.3 is 5.73 Å². The Morgan fingerprint density at radius 2 is 2.47 bits per heavy atom. The SMILES string of the molecule is Cc1nsc(NC(=O)c2cn(CCN)nn2)n1. The normalized spacial score (nSPS) is 10.5. The van der Waals surface area contributed by atoms with Crippen molar-refractivity contribution in [3.63, 3.8) is 0 Å². The zero-order chi connectivity index (χ0) is 12.3. The van der Waals surface area contributed by atoms with Crippen LogP contribution < -0.4 is 11.1 Å². The highest BCUT2D eigenvalue weighted by Crippen LogP contribution is 2.11. The van der Waals surface area contributed by atoms with Gasteiger partial charge in [0.1, 0.15) is 5.82 Å². The van der Waals surface area contributed by atoms with Gasteiger partial charge in [-0.05, 0) is 6.92 Å². The summed E-state index contributed by atoms with van der Waals surface area (Å²) in [7, 11) is 0. The molecule has 0 fully saturated rings. The van der Waals surface area contributed by atoms with Gasteiger partial charge in [-0.25, -0.2) is 4.98 Å². The highest BCUT2D eigenvalue weighted by molar-refractivity contribution is 7.09. The molecule has 0 aliphatic carbocycles. The van der Waals surface area contributed by atoms with Crippen molar-refractivity contribution in [3.05, 3.63) is 17.7 Å². The Hall–Kier alpha value is -1.87. The van der Waals surface area contributed by atoms with E-state index in [1.54, 1.807) is 6.92 Å². The van der Waals surface area contributed by atoms with E-state index in [1.165, 1.54) is 10.9 Å². The molecule has 9 heteroatoms. The van der Waals surface area contributed by atoms with Crippen LogP contribution in [-0.4, -0.2) is 36.8 Å². The van der Waals surface area contributed by atoms with Crippen molar-refractivity contribution in [2.45, 2.75) is 13.5 Å². The molecular formula is C8H11N7OS. The summed E-state index contributed by atoms with van der Waals surface area (Å²) in [6.07, 6.45) is 1.54. The van der Waals surface area contributed by atoms with Crippen molar-refractivity contribution in [3.8, 4) is 0 Å². The lowest BCUT2D eigenvalue weighted by Crippen LogP contribution is -2.12. The first-order chi connectivity index (χ1) is 8.19. The van der Waals surface area contributed by atoms with Crippen molar-refractivity contribution in [2.24, 2.45) is 5.73 Å². The summed E-state index contributed by atoms with van der Waals surface area (Å²) < 4.78 is 5.47. The minimum Gasteiger partial charge on any atom is -0.329 e. The number of hydrogen-bond donors (Lipinski definition) is 2. The fourth-order valence-corrected chi connectivity index (χ4v) is 1.72. The molecule has 2 aromatic rings. The Kier molecular flexibility index (Phi) is 3.40. The number of nitrogens with zero attached hydrogens (tertiary/aromatic N) is 5. The maximum Gasteiger partial charge on any atom is 0.279 e. The predicted octanol–water partition coefficient (Wildman–Crippen LogP) is -0.351. The molecule has 3 N–H and O–H groups in total. The number of aryl methyl sites for hydroxylation is 1. The number of hydrogen-bond acceptors (Lipinski definition) is 7. The largest absolute Gasteiger partial charge is 0.329 e. The van der Waals surface area contributed by atoms with Crippen LogP contribution in [-0.2, 0) is 6.54 Å². The molecule has 0 aromatic carbocycles. The smallest absolute Gasteiger partial charge is 0.279 e. The number of carbonyl (C=O) groups is 1. The molecule has 0 unspecified atom stereocenters. The summed E-state index contributed by atoms with van der Waals surface area (Å²) in [4.78, 5) is 15.7. The van der Waals surface area contributed by atoms with Crippen LogP contribution in [0.4, 0.5) is 5.13 Å². The first kappa shape index (κ1) is 11.6. The van der Waals surface area contributed by atoms with E-state index in [0.29, 0.717) is 24.0 Å². The van der Waals surface area contributed by atoms with Crippen LogP contribution in [0.5, 0.6) is 0 Å². The lowest BCUT2D eigenvalue weighted by Gasteiger charge is -1.95. The van der Waals surface area contributed by atoms with E-state index in [4.69, 9.17) is 5.73 Å².